The number of terminal acetylenes is 1. The van der Waals surface area contributed by atoms with Crippen LogP contribution in [-0.4, -0.2) is 11.4 Å². The number of aryl methyl sites for hydroxylation is 1. The molecular formula is C13H14ClNO. The lowest BCUT2D eigenvalue weighted by Crippen LogP contribution is -2.42. The van der Waals surface area contributed by atoms with Gasteiger partial charge in [-0.1, -0.05) is 17.5 Å². The standard InChI is InChI=1S/C13H14ClNO/c1-5-13(3,4)15-12(16)11-7-6-10(14)8-9(11)2/h1,6-8H,2-4H3,(H,15,16). The van der Waals surface area contributed by atoms with Crippen LogP contribution in [0.5, 0.6) is 0 Å². The van der Waals surface area contributed by atoms with Crippen LogP contribution < -0.4 is 5.32 Å². The average molecular weight is 236 g/mol. The SMILES string of the molecule is C#CC(C)(C)NC(=O)c1ccc(Cl)cc1C. The number of nitrogens with one attached hydrogen (secondary N) is 1. The van der Waals surface area contributed by atoms with E-state index in [1.165, 1.54) is 0 Å². The van der Waals surface area contributed by atoms with Gasteiger partial charge in [0.1, 0.15) is 0 Å². The molecule has 2 nitrogen and oxygen atoms in total. The van der Waals surface area contributed by atoms with Gasteiger partial charge in [0, 0.05) is 10.6 Å². The first-order chi connectivity index (χ1) is 7.35. The number of carbonyl (C=O) groups is 1. The van der Waals surface area contributed by atoms with Crippen LogP contribution in [0.1, 0.15) is 29.8 Å². The fourth-order valence-corrected chi connectivity index (χ4v) is 1.50. The summed E-state index contributed by atoms with van der Waals surface area (Å²) in [5.41, 5.74) is 0.772. The quantitative estimate of drug-likeness (QED) is 0.785. The highest BCUT2D eigenvalue weighted by Gasteiger charge is 2.19. The second kappa shape index (κ2) is 4.59. The van der Waals surface area contributed by atoms with Crippen LogP contribution in [-0.2, 0) is 0 Å². The van der Waals surface area contributed by atoms with Gasteiger partial charge in [0.15, 0.2) is 0 Å². The Morgan fingerprint density at radius 1 is 1.50 bits per heavy atom. The highest BCUT2D eigenvalue weighted by atomic mass is 35.5. The van der Waals surface area contributed by atoms with E-state index in [1.807, 2.05) is 6.92 Å². The molecule has 0 aliphatic rings. The normalized spacial score (nSPS) is 10.7. The Hall–Kier alpha value is -1.46. The molecule has 0 atom stereocenters. The van der Waals surface area contributed by atoms with Crippen LogP contribution >= 0.6 is 11.6 Å². The van der Waals surface area contributed by atoms with Gasteiger partial charge < -0.3 is 5.32 Å². The first kappa shape index (κ1) is 12.6. The number of amides is 1. The summed E-state index contributed by atoms with van der Waals surface area (Å²) in [4.78, 5) is 11.9. The summed E-state index contributed by atoms with van der Waals surface area (Å²) in [7, 11) is 0. The molecule has 0 fully saturated rings. The highest BCUT2D eigenvalue weighted by molar-refractivity contribution is 6.30. The molecule has 1 aromatic carbocycles. The van der Waals surface area contributed by atoms with Crippen LogP contribution in [0.4, 0.5) is 0 Å². The van der Waals surface area contributed by atoms with Crippen LogP contribution in [0.25, 0.3) is 0 Å². The summed E-state index contributed by atoms with van der Waals surface area (Å²) in [6.45, 7) is 5.38. The topological polar surface area (TPSA) is 29.1 Å². The molecule has 0 heterocycles. The number of benzene rings is 1. The third kappa shape index (κ3) is 3.01. The molecule has 0 aromatic heterocycles. The third-order valence-corrected chi connectivity index (χ3v) is 2.46. The molecule has 1 amide bonds. The van der Waals surface area contributed by atoms with Gasteiger partial charge in [-0.2, -0.15) is 0 Å². The number of hydrogen-bond acceptors (Lipinski definition) is 1. The van der Waals surface area contributed by atoms with Crippen LogP contribution in [0.3, 0.4) is 0 Å². The Morgan fingerprint density at radius 2 is 2.12 bits per heavy atom. The lowest BCUT2D eigenvalue weighted by atomic mass is 10.0. The maximum Gasteiger partial charge on any atom is 0.252 e. The molecule has 1 aromatic rings. The molecule has 84 valence electrons. The van der Waals surface area contributed by atoms with Crippen LogP contribution in [0.2, 0.25) is 5.02 Å². The molecular weight excluding hydrogens is 222 g/mol. The minimum absolute atomic E-state index is 0.183. The minimum atomic E-state index is -0.650. The zero-order valence-corrected chi connectivity index (χ0v) is 10.4. The highest BCUT2D eigenvalue weighted by Crippen LogP contribution is 2.15. The number of halogens is 1. The summed E-state index contributed by atoms with van der Waals surface area (Å²) >= 11 is 5.82. The molecule has 16 heavy (non-hydrogen) atoms. The van der Waals surface area contributed by atoms with E-state index in [9.17, 15) is 4.79 Å². The predicted molar refractivity (Wildman–Crippen MR) is 66.6 cm³/mol. The van der Waals surface area contributed by atoms with E-state index in [4.69, 9.17) is 18.0 Å². The molecule has 0 aliphatic carbocycles. The van der Waals surface area contributed by atoms with Crippen molar-refractivity contribution in [3.05, 3.63) is 34.3 Å². The molecule has 3 heteroatoms. The first-order valence-corrected chi connectivity index (χ1v) is 5.30. The smallest absolute Gasteiger partial charge is 0.252 e. The van der Waals surface area contributed by atoms with Crippen molar-refractivity contribution < 1.29 is 4.79 Å². The fraction of sp³-hybridized carbons (Fsp3) is 0.308. The van der Waals surface area contributed by atoms with Crippen molar-refractivity contribution in [1.29, 1.82) is 0 Å². The van der Waals surface area contributed by atoms with E-state index in [2.05, 4.69) is 11.2 Å². The summed E-state index contributed by atoms with van der Waals surface area (Å²) in [5.74, 6) is 2.33. The number of carbonyl (C=O) groups excluding carboxylic acids is 1. The van der Waals surface area contributed by atoms with Crippen molar-refractivity contribution >= 4 is 17.5 Å². The fourth-order valence-electron chi connectivity index (χ4n) is 1.27. The number of hydrogen-bond donors (Lipinski definition) is 1. The third-order valence-electron chi connectivity index (χ3n) is 2.22. The number of rotatable bonds is 2. The van der Waals surface area contributed by atoms with Gasteiger partial charge in [-0.15, -0.1) is 6.42 Å². The zero-order valence-electron chi connectivity index (χ0n) is 9.60. The molecule has 0 unspecified atom stereocenters. The van der Waals surface area contributed by atoms with Gasteiger partial charge in [0.05, 0.1) is 5.54 Å². The Morgan fingerprint density at radius 3 is 2.62 bits per heavy atom. The van der Waals surface area contributed by atoms with Gasteiger partial charge in [0.25, 0.3) is 5.91 Å². The Balaban J connectivity index is 2.95. The molecule has 0 spiro atoms. The molecule has 0 aliphatic heterocycles. The maximum atomic E-state index is 11.9. The van der Waals surface area contributed by atoms with Crippen molar-refractivity contribution in [3.63, 3.8) is 0 Å². The van der Waals surface area contributed by atoms with E-state index >= 15 is 0 Å². The molecule has 0 bridgehead atoms. The maximum absolute atomic E-state index is 11.9. The molecule has 0 saturated heterocycles. The van der Waals surface area contributed by atoms with E-state index < -0.39 is 5.54 Å². The minimum Gasteiger partial charge on any atom is -0.336 e. The average Bonchev–Trinajstić information content (AvgIpc) is 2.16. The van der Waals surface area contributed by atoms with Crippen molar-refractivity contribution in [2.75, 3.05) is 0 Å². The van der Waals surface area contributed by atoms with Crippen LogP contribution in [0, 0.1) is 19.3 Å². The molecule has 1 rings (SSSR count). The van der Waals surface area contributed by atoms with E-state index in [-0.39, 0.29) is 5.91 Å². The van der Waals surface area contributed by atoms with Gasteiger partial charge in [-0.25, -0.2) is 0 Å². The Labute approximate surface area is 101 Å². The second-order valence-electron chi connectivity index (χ2n) is 4.18. The van der Waals surface area contributed by atoms with E-state index in [0.717, 1.165) is 5.56 Å². The Kier molecular flexibility index (Phi) is 3.62. The van der Waals surface area contributed by atoms with Crippen molar-refractivity contribution in [2.45, 2.75) is 26.3 Å². The summed E-state index contributed by atoms with van der Waals surface area (Å²) < 4.78 is 0. The van der Waals surface area contributed by atoms with Crippen molar-refractivity contribution in [3.8, 4) is 12.3 Å². The lowest BCUT2D eigenvalue weighted by molar-refractivity contribution is 0.0929. The first-order valence-electron chi connectivity index (χ1n) is 4.92. The summed E-state index contributed by atoms with van der Waals surface area (Å²) in [6, 6.07) is 5.13. The van der Waals surface area contributed by atoms with Crippen molar-refractivity contribution in [2.24, 2.45) is 0 Å². The van der Waals surface area contributed by atoms with E-state index in [0.29, 0.717) is 10.6 Å². The summed E-state index contributed by atoms with van der Waals surface area (Å²) in [5, 5.41) is 3.38. The molecule has 0 radical (unpaired) electrons. The van der Waals surface area contributed by atoms with Crippen molar-refractivity contribution in [1.82, 2.24) is 5.32 Å². The van der Waals surface area contributed by atoms with Gasteiger partial charge in [-0.3, -0.25) is 4.79 Å². The second-order valence-corrected chi connectivity index (χ2v) is 4.62. The predicted octanol–water partition coefficient (Wildman–Crippen LogP) is 2.79. The van der Waals surface area contributed by atoms with Crippen LogP contribution in [0.15, 0.2) is 18.2 Å². The molecule has 0 saturated carbocycles. The van der Waals surface area contributed by atoms with Gasteiger partial charge in [0.2, 0.25) is 0 Å². The van der Waals surface area contributed by atoms with E-state index in [1.54, 1.807) is 32.0 Å². The Bertz CT molecular complexity index is 457. The van der Waals surface area contributed by atoms with Gasteiger partial charge >= 0.3 is 0 Å². The monoisotopic (exact) mass is 235 g/mol. The summed E-state index contributed by atoms with van der Waals surface area (Å²) in [6.07, 6.45) is 5.31. The zero-order chi connectivity index (χ0) is 12.3. The lowest BCUT2D eigenvalue weighted by Gasteiger charge is -2.20. The van der Waals surface area contributed by atoms with Gasteiger partial charge in [-0.05, 0) is 44.5 Å². The molecule has 1 N–H and O–H groups in total. The largest absolute Gasteiger partial charge is 0.336 e.